The van der Waals surface area contributed by atoms with Gasteiger partial charge in [-0.05, 0) is 28.2 Å². The Bertz CT molecular complexity index is 682. The molecule has 1 aromatic carbocycles. The number of aromatic amines is 1. The molecule has 0 bridgehead atoms. The van der Waals surface area contributed by atoms with Crippen molar-refractivity contribution in [1.82, 2.24) is 4.98 Å². The van der Waals surface area contributed by atoms with Gasteiger partial charge in [0.1, 0.15) is 11.6 Å². The molecule has 2 rings (SSSR count). The Morgan fingerprint density at radius 1 is 1.11 bits per heavy atom. The number of nitrogens with one attached hydrogen (secondary N) is 1. The minimum atomic E-state index is -0.349. The van der Waals surface area contributed by atoms with E-state index in [2.05, 4.69) is 37.9 Å². The van der Waals surface area contributed by atoms with Crippen LogP contribution in [0.4, 0.5) is 0 Å². The summed E-state index contributed by atoms with van der Waals surface area (Å²) in [5.41, 5.74) is 2.98. The summed E-state index contributed by atoms with van der Waals surface area (Å²) in [6.07, 6.45) is 1.63. The highest BCUT2D eigenvalue weighted by molar-refractivity contribution is 5.64. The van der Waals surface area contributed by atoms with Crippen molar-refractivity contribution in [1.29, 1.82) is 5.26 Å². The van der Waals surface area contributed by atoms with Gasteiger partial charge in [-0.1, -0.05) is 45.0 Å². The van der Waals surface area contributed by atoms with Crippen LogP contribution in [0.15, 0.2) is 41.3 Å². The summed E-state index contributed by atoms with van der Waals surface area (Å²) in [7, 11) is 0. The second-order valence-corrected chi connectivity index (χ2v) is 5.57. The van der Waals surface area contributed by atoms with Crippen LogP contribution >= 0.6 is 0 Å². The lowest BCUT2D eigenvalue weighted by atomic mass is 9.86. The van der Waals surface area contributed by atoms with Gasteiger partial charge in [-0.15, -0.1) is 0 Å². The summed E-state index contributed by atoms with van der Waals surface area (Å²) < 4.78 is 0. The molecule has 1 aromatic heterocycles. The molecule has 0 aliphatic rings. The van der Waals surface area contributed by atoms with Crippen molar-refractivity contribution in [3.05, 3.63) is 58.0 Å². The first-order chi connectivity index (χ1) is 8.91. The van der Waals surface area contributed by atoms with E-state index >= 15 is 0 Å². The van der Waals surface area contributed by atoms with E-state index in [4.69, 9.17) is 5.26 Å². The number of nitriles is 1. The highest BCUT2D eigenvalue weighted by Gasteiger charge is 2.13. The molecule has 3 heteroatoms. The van der Waals surface area contributed by atoms with Gasteiger partial charge in [0.05, 0.1) is 0 Å². The van der Waals surface area contributed by atoms with Gasteiger partial charge >= 0.3 is 0 Å². The zero-order valence-electron chi connectivity index (χ0n) is 11.3. The van der Waals surface area contributed by atoms with Gasteiger partial charge < -0.3 is 4.98 Å². The zero-order valence-corrected chi connectivity index (χ0v) is 11.3. The first-order valence-electron chi connectivity index (χ1n) is 6.15. The number of hydrogen-bond donors (Lipinski definition) is 1. The van der Waals surface area contributed by atoms with Gasteiger partial charge in [0.25, 0.3) is 5.56 Å². The third-order valence-electron chi connectivity index (χ3n) is 3.11. The Balaban J connectivity index is 2.44. The molecule has 0 aliphatic carbocycles. The summed E-state index contributed by atoms with van der Waals surface area (Å²) in [6.45, 7) is 6.49. The van der Waals surface area contributed by atoms with E-state index in [-0.39, 0.29) is 16.5 Å². The first-order valence-corrected chi connectivity index (χ1v) is 6.15. The SMILES string of the molecule is CC(C)(C)c1ccc(-c2c[nH]c(=O)c(C#N)c2)cc1. The van der Waals surface area contributed by atoms with Crippen molar-refractivity contribution in [2.75, 3.05) is 0 Å². The maximum Gasteiger partial charge on any atom is 0.265 e. The lowest BCUT2D eigenvalue weighted by Gasteiger charge is -2.19. The third-order valence-corrected chi connectivity index (χ3v) is 3.11. The van der Waals surface area contributed by atoms with Crippen molar-refractivity contribution in [2.24, 2.45) is 0 Å². The van der Waals surface area contributed by atoms with Crippen LogP contribution in [-0.4, -0.2) is 4.98 Å². The molecule has 0 spiro atoms. The molecule has 0 saturated carbocycles. The molecule has 0 saturated heterocycles. The maximum atomic E-state index is 11.3. The zero-order chi connectivity index (χ0) is 14.0. The Morgan fingerprint density at radius 2 is 1.74 bits per heavy atom. The molecule has 1 N–H and O–H groups in total. The molecule has 1 heterocycles. The molecule has 0 radical (unpaired) electrons. The molecule has 0 atom stereocenters. The smallest absolute Gasteiger partial charge is 0.265 e. The summed E-state index contributed by atoms with van der Waals surface area (Å²) in [4.78, 5) is 13.9. The van der Waals surface area contributed by atoms with Crippen LogP contribution < -0.4 is 5.56 Å². The predicted molar refractivity (Wildman–Crippen MR) is 75.9 cm³/mol. The van der Waals surface area contributed by atoms with Crippen molar-refractivity contribution in [3.8, 4) is 17.2 Å². The monoisotopic (exact) mass is 252 g/mol. The topological polar surface area (TPSA) is 56.6 Å². The minimum absolute atomic E-state index is 0.112. The average Bonchev–Trinajstić information content (AvgIpc) is 2.38. The van der Waals surface area contributed by atoms with Crippen LogP contribution in [0, 0.1) is 11.3 Å². The van der Waals surface area contributed by atoms with Crippen molar-refractivity contribution < 1.29 is 0 Å². The van der Waals surface area contributed by atoms with Gasteiger partial charge in [-0.3, -0.25) is 4.79 Å². The molecular weight excluding hydrogens is 236 g/mol. The van der Waals surface area contributed by atoms with E-state index in [1.54, 1.807) is 12.3 Å². The quantitative estimate of drug-likeness (QED) is 0.847. The van der Waals surface area contributed by atoms with Gasteiger partial charge in [-0.25, -0.2) is 0 Å². The number of rotatable bonds is 1. The Labute approximate surface area is 112 Å². The highest BCUT2D eigenvalue weighted by atomic mass is 16.1. The van der Waals surface area contributed by atoms with Gasteiger partial charge in [0, 0.05) is 6.20 Å². The maximum absolute atomic E-state index is 11.3. The second kappa shape index (κ2) is 4.74. The molecule has 0 fully saturated rings. The van der Waals surface area contributed by atoms with Crippen LogP contribution in [0.2, 0.25) is 0 Å². The summed E-state index contributed by atoms with van der Waals surface area (Å²) in [6, 6.07) is 11.7. The van der Waals surface area contributed by atoms with Crippen LogP contribution in [-0.2, 0) is 5.41 Å². The number of nitrogens with zero attached hydrogens (tertiary/aromatic N) is 1. The lowest BCUT2D eigenvalue weighted by molar-refractivity contribution is 0.590. The summed E-state index contributed by atoms with van der Waals surface area (Å²) in [5.74, 6) is 0. The Kier molecular flexibility index (Phi) is 3.26. The third kappa shape index (κ3) is 2.74. The number of benzene rings is 1. The summed E-state index contributed by atoms with van der Waals surface area (Å²) in [5, 5.41) is 8.87. The average molecular weight is 252 g/mol. The van der Waals surface area contributed by atoms with E-state index in [1.165, 1.54) is 5.56 Å². The fourth-order valence-corrected chi connectivity index (χ4v) is 1.90. The summed E-state index contributed by atoms with van der Waals surface area (Å²) >= 11 is 0. The standard InChI is InChI=1S/C16H16N2O/c1-16(2,3)14-6-4-11(5-7-14)13-8-12(9-17)15(19)18-10-13/h4-8,10H,1-3H3,(H,18,19). The molecular formula is C16H16N2O. The van der Waals surface area contributed by atoms with Crippen LogP contribution in [0.3, 0.4) is 0 Å². The predicted octanol–water partition coefficient (Wildman–Crippen LogP) is 3.21. The fourth-order valence-electron chi connectivity index (χ4n) is 1.90. The van der Waals surface area contributed by atoms with Crippen LogP contribution in [0.1, 0.15) is 31.9 Å². The highest BCUT2D eigenvalue weighted by Crippen LogP contribution is 2.25. The second-order valence-electron chi connectivity index (χ2n) is 5.57. The normalized spacial score (nSPS) is 11.1. The molecule has 3 nitrogen and oxygen atoms in total. The van der Waals surface area contributed by atoms with E-state index < -0.39 is 0 Å². The van der Waals surface area contributed by atoms with Crippen molar-refractivity contribution >= 4 is 0 Å². The van der Waals surface area contributed by atoms with Crippen molar-refractivity contribution in [2.45, 2.75) is 26.2 Å². The first kappa shape index (κ1) is 13.1. The van der Waals surface area contributed by atoms with Gasteiger partial charge in [0.2, 0.25) is 0 Å². The number of pyridine rings is 1. The fraction of sp³-hybridized carbons (Fsp3) is 0.250. The minimum Gasteiger partial charge on any atom is -0.327 e. The van der Waals surface area contributed by atoms with E-state index in [1.807, 2.05) is 18.2 Å². The van der Waals surface area contributed by atoms with Gasteiger partial charge in [0.15, 0.2) is 0 Å². The van der Waals surface area contributed by atoms with Gasteiger partial charge in [-0.2, -0.15) is 5.26 Å². The number of H-pyrrole nitrogens is 1. The van der Waals surface area contributed by atoms with E-state index in [0.29, 0.717) is 0 Å². The largest absolute Gasteiger partial charge is 0.327 e. The molecule has 0 unspecified atom stereocenters. The number of hydrogen-bond acceptors (Lipinski definition) is 2. The molecule has 2 aromatic rings. The Hall–Kier alpha value is -2.34. The van der Waals surface area contributed by atoms with E-state index in [0.717, 1.165) is 11.1 Å². The molecule has 0 aliphatic heterocycles. The van der Waals surface area contributed by atoms with Crippen LogP contribution in [0.25, 0.3) is 11.1 Å². The molecule has 0 amide bonds. The van der Waals surface area contributed by atoms with E-state index in [9.17, 15) is 4.79 Å². The lowest BCUT2D eigenvalue weighted by Crippen LogP contribution is -2.11. The molecule has 19 heavy (non-hydrogen) atoms. The van der Waals surface area contributed by atoms with Crippen LogP contribution in [0.5, 0.6) is 0 Å². The number of aromatic nitrogens is 1. The Morgan fingerprint density at radius 3 is 2.26 bits per heavy atom. The van der Waals surface area contributed by atoms with Crippen molar-refractivity contribution in [3.63, 3.8) is 0 Å². The molecule has 96 valence electrons.